The molecule has 1 rings (SSSR count). The zero-order valence-corrected chi connectivity index (χ0v) is 8.85. The summed E-state index contributed by atoms with van der Waals surface area (Å²) in [5.41, 5.74) is 0. The first-order valence-corrected chi connectivity index (χ1v) is 5.30. The van der Waals surface area contributed by atoms with Crippen molar-refractivity contribution in [3.8, 4) is 0 Å². The van der Waals surface area contributed by atoms with Crippen LogP contribution in [0.25, 0.3) is 0 Å². The Morgan fingerprint density at radius 2 is 2.20 bits per heavy atom. The summed E-state index contributed by atoms with van der Waals surface area (Å²) in [4.78, 5) is 10.6. The van der Waals surface area contributed by atoms with Gasteiger partial charge in [0, 0.05) is 10.6 Å². The molecule has 0 bridgehead atoms. The summed E-state index contributed by atoms with van der Waals surface area (Å²) >= 11 is 1.00. The SMILES string of the molecule is CC(CSc1cc(F)ccc1F)C(=O)O. The second-order valence-corrected chi connectivity index (χ2v) is 4.19. The van der Waals surface area contributed by atoms with E-state index < -0.39 is 23.5 Å². The second-order valence-electron chi connectivity index (χ2n) is 3.13. The van der Waals surface area contributed by atoms with Crippen LogP contribution in [0.1, 0.15) is 6.92 Å². The number of carbonyl (C=O) groups is 1. The maximum absolute atomic E-state index is 13.1. The number of hydrogen-bond donors (Lipinski definition) is 1. The number of thioether (sulfide) groups is 1. The first-order chi connectivity index (χ1) is 7.00. The minimum absolute atomic E-state index is 0.142. The highest BCUT2D eigenvalue weighted by Gasteiger charge is 2.13. The fraction of sp³-hybridized carbons (Fsp3) is 0.300. The Kier molecular flexibility index (Phi) is 4.08. The normalized spacial score (nSPS) is 12.5. The number of carboxylic acid groups (broad SMARTS) is 1. The molecule has 1 unspecified atom stereocenters. The second kappa shape index (κ2) is 5.11. The Balaban J connectivity index is 2.65. The Hall–Kier alpha value is -1.10. The lowest BCUT2D eigenvalue weighted by molar-refractivity contribution is -0.140. The largest absolute Gasteiger partial charge is 0.481 e. The van der Waals surface area contributed by atoms with Crippen molar-refractivity contribution in [2.24, 2.45) is 5.92 Å². The topological polar surface area (TPSA) is 37.3 Å². The van der Waals surface area contributed by atoms with Gasteiger partial charge in [0.15, 0.2) is 0 Å². The zero-order chi connectivity index (χ0) is 11.4. The highest BCUT2D eigenvalue weighted by Crippen LogP contribution is 2.24. The van der Waals surface area contributed by atoms with Crippen LogP contribution in [0, 0.1) is 17.6 Å². The van der Waals surface area contributed by atoms with Crippen LogP contribution in [0.15, 0.2) is 23.1 Å². The quantitative estimate of drug-likeness (QED) is 0.811. The third kappa shape index (κ3) is 3.51. The van der Waals surface area contributed by atoms with Crippen molar-refractivity contribution in [2.45, 2.75) is 11.8 Å². The van der Waals surface area contributed by atoms with Crippen LogP contribution in [0.2, 0.25) is 0 Å². The van der Waals surface area contributed by atoms with Gasteiger partial charge in [0.25, 0.3) is 0 Å². The van der Waals surface area contributed by atoms with E-state index in [2.05, 4.69) is 0 Å². The van der Waals surface area contributed by atoms with Gasteiger partial charge in [0.05, 0.1) is 5.92 Å². The maximum Gasteiger partial charge on any atom is 0.307 e. The minimum Gasteiger partial charge on any atom is -0.481 e. The first-order valence-electron chi connectivity index (χ1n) is 4.31. The van der Waals surface area contributed by atoms with E-state index in [-0.39, 0.29) is 10.6 Å². The predicted molar refractivity (Wildman–Crippen MR) is 53.9 cm³/mol. The molecule has 0 aliphatic heterocycles. The van der Waals surface area contributed by atoms with E-state index in [4.69, 9.17) is 5.11 Å². The number of carboxylic acids is 1. The molecule has 82 valence electrons. The monoisotopic (exact) mass is 232 g/mol. The van der Waals surface area contributed by atoms with Crippen molar-refractivity contribution < 1.29 is 18.7 Å². The molecule has 0 aromatic heterocycles. The number of halogens is 2. The molecule has 1 N–H and O–H groups in total. The summed E-state index contributed by atoms with van der Waals surface area (Å²) in [5.74, 6) is -2.37. The molecular weight excluding hydrogens is 222 g/mol. The van der Waals surface area contributed by atoms with Gasteiger partial charge in [-0.25, -0.2) is 8.78 Å². The van der Waals surface area contributed by atoms with Crippen LogP contribution >= 0.6 is 11.8 Å². The third-order valence-corrected chi connectivity index (χ3v) is 3.09. The van der Waals surface area contributed by atoms with Crippen molar-refractivity contribution in [3.05, 3.63) is 29.8 Å². The van der Waals surface area contributed by atoms with Gasteiger partial charge in [-0.05, 0) is 18.2 Å². The summed E-state index contributed by atoms with van der Waals surface area (Å²) in [5, 5.41) is 8.60. The van der Waals surface area contributed by atoms with Crippen LogP contribution in [0.4, 0.5) is 8.78 Å². The number of aliphatic carboxylic acids is 1. The Morgan fingerprint density at radius 3 is 2.80 bits per heavy atom. The minimum atomic E-state index is -0.945. The average molecular weight is 232 g/mol. The molecule has 0 fully saturated rings. The Morgan fingerprint density at radius 1 is 1.53 bits per heavy atom. The molecular formula is C10H10F2O2S. The van der Waals surface area contributed by atoms with E-state index in [0.717, 1.165) is 30.0 Å². The van der Waals surface area contributed by atoms with Crippen molar-refractivity contribution in [1.29, 1.82) is 0 Å². The molecule has 1 aromatic carbocycles. The molecule has 0 heterocycles. The van der Waals surface area contributed by atoms with Crippen molar-refractivity contribution >= 4 is 17.7 Å². The van der Waals surface area contributed by atoms with Crippen LogP contribution in [-0.4, -0.2) is 16.8 Å². The first kappa shape index (κ1) is 12.0. The molecule has 2 nitrogen and oxygen atoms in total. The maximum atomic E-state index is 13.1. The van der Waals surface area contributed by atoms with Gasteiger partial charge >= 0.3 is 5.97 Å². The Labute approximate surface area is 90.3 Å². The van der Waals surface area contributed by atoms with Gasteiger partial charge in [0.1, 0.15) is 11.6 Å². The van der Waals surface area contributed by atoms with E-state index in [1.807, 2.05) is 0 Å². The lowest BCUT2D eigenvalue weighted by Gasteiger charge is -2.06. The molecule has 1 atom stereocenters. The fourth-order valence-electron chi connectivity index (χ4n) is 0.874. The van der Waals surface area contributed by atoms with Crippen molar-refractivity contribution in [1.82, 2.24) is 0 Å². The van der Waals surface area contributed by atoms with Gasteiger partial charge in [-0.1, -0.05) is 6.92 Å². The van der Waals surface area contributed by atoms with Gasteiger partial charge in [-0.2, -0.15) is 0 Å². The number of benzene rings is 1. The molecule has 1 aromatic rings. The molecule has 0 saturated carbocycles. The molecule has 0 amide bonds. The standard InChI is InChI=1S/C10H10F2O2S/c1-6(10(13)14)5-15-9-4-7(11)2-3-8(9)12/h2-4,6H,5H2,1H3,(H,13,14). The molecule has 0 radical (unpaired) electrons. The molecule has 0 spiro atoms. The number of rotatable bonds is 4. The van der Waals surface area contributed by atoms with Crippen LogP contribution in [-0.2, 0) is 4.79 Å². The molecule has 0 aliphatic carbocycles. The van der Waals surface area contributed by atoms with E-state index >= 15 is 0 Å². The van der Waals surface area contributed by atoms with Gasteiger partial charge in [-0.3, -0.25) is 4.79 Å². The van der Waals surface area contributed by atoms with Crippen molar-refractivity contribution in [3.63, 3.8) is 0 Å². The lowest BCUT2D eigenvalue weighted by atomic mass is 10.2. The van der Waals surface area contributed by atoms with Gasteiger partial charge in [-0.15, -0.1) is 11.8 Å². The molecule has 0 saturated heterocycles. The van der Waals surface area contributed by atoms with E-state index in [9.17, 15) is 13.6 Å². The average Bonchev–Trinajstić information content (AvgIpc) is 2.18. The molecule has 0 aliphatic rings. The summed E-state index contributed by atoms with van der Waals surface area (Å²) in [6.45, 7) is 1.52. The van der Waals surface area contributed by atoms with E-state index in [1.165, 1.54) is 6.92 Å². The van der Waals surface area contributed by atoms with Crippen molar-refractivity contribution in [2.75, 3.05) is 5.75 Å². The smallest absolute Gasteiger partial charge is 0.307 e. The highest BCUT2D eigenvalue weighted by atomic mass is 32.2. The van der Waals surface area contributed by atoms with Crippen LogP contribution in [0.5, 0.6) is 0 Å². The summed E-state index contributed by atoms with van der Waals surface area (Å²) in [6, 6.07) is 3.12. The summed E-state index contributed by atoms with van der Waals surface area (Å²) in [7, 11) is 0. The van der Waals surface area contributed by atoms with E-state index in [0.29, 0.717) is 0 Å². The molecule has 5 heteroatoms. The summed E-state index contributed by atoms with van der Waals surface area (Å²) in [6.07, 6.45) is 0. The predicted octanol–water partition coefficient (Wildman–Crippen LogP) is 2.78. The summed E-state index contributed by atoms with van der Waals surface area (Å²) < 4.78 is 25.8. The fourth-order valence-corrected chi connectivity index (χ4v) is 1.85. The van der Waals surface area contributed by atoms with Crippen LogP contribution < -0.4 is 0 Å². The Bertz CT molecular complexity index is 368. The zero-order valence-electron chi connectivity index (χ0n) is 8.04. The third-order valence-electron chi connectivity index (χ3n) is 1.80. The highest BCUT2D eigenvalue weighted by molar-refractivity contribution is 7.99. The van der Waals surface area contributed by atoms with Gasteiger partial charge < -0.3 is 5.11 Å². The van der Waals surface area contributed by atoms with Gasteiger partial charge in [0.2, 0.25) is 0 Å². The van der Waals surface area contributed by atoms with Crippen LogP contribution in [0.3, 0.4) is 0 Å². The lowest BCUT2D eigenvalue weighted by Crippen LogP contribution is -2.11. The molecule has 15 heavy (non-hydrogen) atoms. The van der Waals surface area contributed by atoms with E-state index in [1.54, 1.807) is 0 Å². The number of hydrogen-bond acceptors (Lipinski definition) is 2.